The minimum Gasteiger partial charge on any atom is -0.497 e. The summed E-state index contributed by atoms with van der Waals surface area (Å²) in [5.41, 5.74) is 1.27. The summed E-state index contributed by atoms with van der Waals surface area (Å²) < 4.78 is 6.08. The average molecular weight is 417 g/mol. The van der Waals surface area contributed by atoms with E-state index in [1.165, 1.54) is 0 Å². The molecular weight excluding hydrogens is 396 g/mol. The predicted octanol–water partition coefficient (Wildman–Crippen LogP) is 3.45. The van der Waals surface area contributed by atoms with Gasteiger partial charge in [0, 0.05) is 41.8 Å². The highest BCUT2D eigenvalue weighted by Gasteiger charge is 2.23. The van der Waals surface area contributed by atoms with Crippen LogP contribution in [0.5, 0.6) is 5.75 Å². The Labute approximate surface area is 161 Å². The molecule has 0 unspecified atom stereocenters. The molecule has 1 aliphatic rings. The zero-order valence-corrected chi connectivity index (χ0v) is 16.2. The molecule has 1 fully saturated rings. The molecule has 0 N–H and O–H groups in total. The first-order valence-electron chi connectivity index (χ1n) is 8.56. The number of benzene rings is 2. The van der Waals surface area contributed by atoms with Crippen LogP contribution >= 0.6 is 15.9 Å². The molecule has 136 valence electrons. The number of methoxy groups -OCH3 is 1. The molecule has 5 nitrogen and oxygen atoms in total. The lowest BCUT2D eigenvalue weighted by Crippen LogP contribution is -2.37. The summed E-state index contributed by atoms with van der Waals surface area (Å²) in [6.45, 7) is 2.34. The normalized spacial score (nSPS) is 14.7. The quantitative estimate of drug-likeness (QED) is 0.769. The number of halogens is 1. The third-order valence-electron chi connectivity index (χ3n) is 4.46. The SMILES string of the molecule is COc1cccc(C(=O)N2CCCN(C(=O)c3cccc(Br)c3)CC2)c1. The van der Waals surface area contributed by atoms with Gasteiger partial charge in [0.2, 0.25) is 0 Å². The molecule has 2 amide bonds. The van der Waals surface area contributed by atoms with Crippen LogP contribution in [0.2, 0.25) is 0 Å². The molecule has 1 aliphatic heterocycles. The number of carbonyl (C=O) groups excluding carboxylic acids is 2. The number of amides is 2. The molecule has 6 heteroatoms. The Bertz CT molecular complexity index is 809. The van der Waals surface area contributed by atoms with Gasteiger partial charge in [-0.1, -0.05) is 28.1 Å². The van der Waals surface area contributed by atoms with Crippen LogP contribution in [-0.2, 0) is 0 Å². The van der Waals surface area contributed by atoms with E-state index in [2.05, 4.69) is 15.9 Å². The van der Waals surface area contributed by atoms with Crippen molar-refractivity contribution in [2.45, 2.75) is 6.42 Å². The van der Waals surface area contributed by atoms with E-state index in [0.29, 0.717) is 43.1 Å². The van der Waals surface area contributed by atoms with Gasteiger partial charge < -0.3 is 14.5 Å². The highest BCUT2D eigenvalue weighted by Crippen LogP contribution is 2.17. The summed E-state index contributed by atoms with van der Waals surface area (Å²) >= 11 is 3.40. The minimum atomic E-state index is -0.0272. The molecule has 2 aromatic rings. The van der Waals surface area contributed by atoms with Crippen molar-refractivity contribution in [1.29, 1.82) is 0 Å². The zero-order chi connectivity index (χ0) is 18.5. The van der Waals surface area contributed by atoms with Crippen molar-refractivity contribution in [2.75, 3.05) is 33.3 Å². The lowest BCUT2D eigenvalue weighted by atomic mass is 10.2. The maximum absolute atomic E-state index is 12.8. The van der Waals surface area contributed by atoms with E-state index < -0.39 is 0 Å². The van der Waals surface area contributed by atoms with E-state index in [-0.39, 0.29) is 11.8 Å². The summed E-state index contributed by atoms with van der Waals surface area (Å²) in [7, 11) is 1.58. The Morgan fingerprint density at radius 1 is 0.885 bits per heavy atom. The van der Waals surface area contributed by atoms with Crippen LogP contribution in [0.3, 0.4) is 0 Å². The Morgan fingerprint density at radius 2 is 1.46 bits per heavy atom. The monoisotopic (exact) mass is 416 g/mol. The lowest BCUT2D eigenvalue weighted by molar-refractivity contribution is 0.0718. The molecule has 3 rings (SSSR count). The van der Waals surface area contributed by atoms with Crippen LogP contribution < -0.4 is 4.74 Å². The largest absolute Gasteiger partial charge is 0.497 e. The Balaban J connectivity index is 1.68. The van der Waals surface area contributed by atoms with Gasteiger partial charge in [0.25, 0.3) is 11.8 Å². The second kappa shape index (κ2) is 8.36. The second-order valence-electron chi connectivity index (χ2n) is 6.18. The molecule has 0 spiro atoms. The summed E-state index contributed by atoms with van der Waals surface area (Å²) in [5.74, 6) is 0.639. The van der Waals surface area contributed by atoms with E-state index in [0.717, 1.165) is 10.9 Å². The Kier molecular flexibility index (Phi) is 5.93. The fourth-order valence-corrected chi connectivity index (χ4v) is 3.47. The summed E-state index contributed by atoms with van der Waals surface area (Å²) in [6, 6.07) is 14.6. The number of carbonyl (C=O) groups is 2. The van der Waals surface area contributed by atoms with Gasteiger partial charge in [-0.05, 0) is 42.8 Å². The highest BCUT2D eigenvalue weighted by molar-refractivity contribution is 9.10. The topological polar surface area (TPSA) is 49.9 Å². The van der Waals surface area contributed by atoms with E-state index >= 15 is 0 Å². The third-order valence-corrected chi connectivity index (χ3v) is 4.95. The van der Waals surface area contributed by atoms with Gasteiger partial charge in [0.05, 0.1) is 7.11 Å². The van der Waals surface area contributed by atoms with Crippen LogP contribution in [0.15, 0.2) is 53.0 Å². The van der Waals surface area contributed by atoms with Gasteiger partial charge in [-0.2, -0.15) is 0 Å². The molecule has 1 heterocycles. The molecular formula is C20H21BrN2O3. The van der Waals surface area contributed by atoms with Crippen LogP contribution in [-0.4, -0.2) is 54.9 Å². The van der Waals surface area contributed by atoms with Crippen molar-refractivity contribution in [3.8, 4) is 5.75 Å². The van der Waals surface area contributed by atoms with Gasteiger partial charge in [-0.25, -0.2) is 0 Å². The standard InChI is InChI=1S/C20H21BrN2O3/c1-26-18-8-3-6-16(14-18)20(25)23-10-4-9-22(11-12-23)19(24)15-5-2-7-17(21)13-15/h2-3,5-8,13-14H,4,9-12H2,1H3. The van der Waals surface area contributed by atoms with E-state index in [9.17, 15) is 9.59 Å². The van der Waals surface area contributed by atoms with Crippen LogP contribution in [0.1, 0.15) is 27.1 Å². The predicted molar refractivity (Wildman–Crippen MR) is 104 cm³/mol. The van der Waals surface area contributed by atoms with E-state index in [1.807, 2.05) is 46.2 Å². The maximum atomic E-state index is 12.8. The van der Waals surface area contributed by atoms with Crippen LogP contribution in [0.25, 0.3) is 0 Å². The fraction of sp³-hybridized carbons (Fsp3) is 0.300. The summed E-state index contributed by atoms with van der Waals surface area (Å²) in [4.78, 5) is 29.1. The lowest BCUT2D eigenvalue weighted by Gasteiger charge is -2.22. The number of ether oxygens (including phenoxy) is 1. The van der Waals surface area contributed by atoms with Gasteiger partial charge in [0.1, 0.15) is 5.75 Å². The van der Waals surface area contributed by atoms with Crippen molar-refractivity contribution in [2.24, 2.45) is 0 Å². The Hall–Kier alpha value is -2.34. The van der Waals surface area contributed by atoms with Crippen molar-refractivity contribution in [3.63, 3.8) is 0 Å². The second-order valence-corrected chi connectivity index (χ2v) is 7.10. The molecule has 26 heavy (non-hydrogen) atoms. The number of hydrogen-bond acceptors (Lipinski definition) is 3. The molecule has 2 aromatic carbocycles. The van der Waals surface area contributed by atoms with Crippen molar-refractivity contribution in [3.05, 3.63) is 64.1 Å². The van der Waals surface area contributed by atoms with Crippen molar-refractivity contribution < 1.29 is 14.3 Å². The molecule has 0 radical (unpaired) electrons. The first-order chi connectivity index (χ1) is 12.6. The third kappa shape index (κ3) is 4.25. The molecule has 0 aliphatic carbocycles. The zero-order valence-electron chi connectivity index (χ0n) is 14.7. The highest BCUT2D eigenvalue weighted by atomic mass is 79.9. The van der Waals surface area contributed by atoms with Gasteiger partial charge in [-0.3, -0.25) is 9.59 Å². The van der Waals surface area contributed by atoms with Gasteiger partial charge in [0.15, 0.2) is 0 Å². The number of nitrogens with zero attached hydrogens (tertiary/aromatic N) is 2. The summed E-state index contributed by atoms with van der Waals surface area (Å²) in [5, 5.41) is 0. The van der Waals surface area contributed by atoms with Crippen molar-refractivity contribution >= 4 is 27.7 Å². The van der Waals surface area contributed by atoms with E-state index in [4.69, 9.17) is 4.74 Å². The first kappa shape index (κ1) is 18.5. The fourth-order valence-electron chi connectivity index (χ4n) is 3.07. The van der Waals surface area contributed by atoms with E-state index in [1.54, 1.807) is 19.2 Å². The molecule has 0 saturated carbocycles. The van der Waals surface area contributed by atoms with Crippen molar-refractivity contribution in [1.82, 2.24) is 9.80 Å². The molecule has 0 atom stereocenters. The van der Waals surface area contributed by atoms with Gasteiger partial charge in [-0.15, -0.1) is 0 Å². The molecule has 0 aromatic heterocycles. The number of hydrogen-bond donors (Lipinski definition) is 0. The molecule has 1 saturated heterocycles. The van der Waals surface area contributed by atoms with Crippen LogP contribution in [0.4, 0.5) is 0 Å². The smallest absolute Gasteiger partial charge is 0.254 e. The van der Waals surface area contributed by atoms with Crippen LogP contribution in [0, 0.1) is 0 Å². The minimum absolute atomic E-state index is 0.00183. The maximum Gasteiger partial charge on any atom is 0.254 e. The first-order valence-corrected chi connectivity index (χ1v) is 9.36. The Morgan fingerprint density at radius 3 is 2.04 bits per heavy atom. The van der Waals surface area contributed by atoms with Gasteiger partial charge >= 0.3 is 0 Å². The summed E-state index contributed by atoms with van der Waals surface area (Å²) in [6.07, 6.45) is 0.759. The number of rotatable bonds is 3. The average Bonchev–Trinajstić information content (AvgIpc) is 2.93. The molecule has 0 bridgehead atoms.